The molecule has 0 saturated carbocycles. The van der Waals surface area contributed by atoms with Crippen LogP contribution in [0.3, 0.4) is 0 Å². The van der Waals surface area contributed by atoms with E-state index in [9.17, 15) is 9.18 Å². The van der Waals surface area contributed by atoms with Gasteiger partial charge in [-0.2, -0.15) is 0 Å². The molecule has 0 radical (unpaired) electrons. The van der Waals surface area contributed by atoms with Crippen molar-refractivity contribution in [1.29, 1.82) is 0 Å². The summed E-state index contributed by atoms with van der Waals surface area (Å²) in [4.78, 5) is 20.5. The van der Waals surface area contributed by atoms with Crippen LogP contribution in [0.2, 0.25) is 0 Å². The summed E-state index contributed by atoms with van der Waals surface area (Å²) in [6, 6.07) is 7.83. The Balaban J connectivity index is 1.67. The lowest BCUT2D eigenvalue weighted by Crippen LogP contribution is -2.22. The van der Waals surface area contributed by atoms with Crippen LogP contribution < -0.4 is 10.9 Å². The predicted molar refractivity (Wildman–Crippen MR) is 83.3 cm³/mol. The van der Waals surface area contributed by atoms with Gasteiger partial charge in [-0.05, 0) is 36.8 Å². The first-order chi connectivity index (χ1) is 10.7. The second kappa shape index (κ2) is 6.34. The fourth-order valence-corrected chi connectivity index (χ4v) is 2.24. The number of benzene rings is 1. The highest BCUT2D eigenvalue weighted by Gasteiger charge is 2.05. The highest BCUT2D eigenvalue weighted by Crippen LogP contribution is 2.08. The van der Waals surface area contributed by atoms with Crippen molar-refractivity contribution >= 4 is 16.6 Å². The summed E-state index contributed by atoms with van der Waals surface area (Å²) < 4.78 is 14.8. The zero-order chi connectivity index (χ0) is 15.4. The number of anilines is 1. The fraction of sp³-hybridized carbons (Fsp3) is 0.188. The average Bonchev–Trinajstić information content (AvgIpc) is 2.55. The van der Waals surface area contributed by atoms with Crippen molar-refractivity contribution in [2.75, 3.05) is 11.9 Å². The predicted octanol–water partition coefficient (Wildman–Crippen LogP) is 2.43. The molecular weight excluding hydrogens is 283 g/mol. The van der Waals surface area contributed by atoms with Gasteiger partial charge in [0.25, 0.3) is 5.56 Å². The van der Waals surface area contributed by atoms with Crippen LogP contribution in [-0.4, -0.2) is 21.1 Å². The van der Waals surface area contributed by atoms with Gasteiger partial charge in [0.2, 0.25) is 0 Å². The lowest BCUT2D eigenvalue weighted by Gasteiger charge is -2.08. The summed E-state index contributed by atoms with van der Waals surface area (Å²) in [5.74, 6) is -0.428. The number of aryl methyl sites for hydroxylation is 1. The smallest absolute Gasteiger partial charge is 0.261 e. The van der Waals surface area contributed by atoms with E-state index in [4.69, 9.17) is 0 Å². The van der Waals surface area contributed by atoms with Gasteiger partial charge in [0.15, 0.2) is 0 Å². The Kier molecular flexibility index (Phi) is 4.09. The monoisotopic (exact) mass is 298 g/mol. The van der Waals surface area contributed by atoms with Gasteiger partial charge in [-0.1, -0.05) is 0 Å². The molecule has 0 aliphatic heterocycles. The number of hydrogen-bond donors (Lipinski definition) is 1. The van der Waals surface area contributed by atoms with Crippen molar-refractivity contribution in [2.45, 2.75) is 13.0 Å². The van der Waals surface area contributed by atoms with Crippen molar-refractivity contribution < 1.29 is 4.39 Å². The number of rotatable bonds is 5. The fourth-order valence-electron chi connectivity index (χ4n) is 2.24. The standard InChI is InChI=1S/C16H15FN4O/c17-12-4-5-15-14(9-12)16(22)21(11-20-15)8-2-7-19-13-3-1-6-18-10-13/h1,3-6,9-11,19H,2,7-8H2. The maximum absolute atomic E-state index is 13.3. The van der Waals surface area contributed by atoms with E-state index >= 15 is 0 Å². The van der Waals surface area contributed by atoms with E-state index < -0.39 is 5.82 Å². The van der Waals surface area contributed by atoms with Gasteiger partial charge in [-0.3, -0.25) is 14.3 Å². The quantitative estimate of drug-likeness (QED) is 0.735. The molecule has 0 atom stereocenters. The summed E-state index contributed by atoms with van der Waals surface area (Å²) >= 11 is 0. The van der Waals surface area contributed by atoms with E-state index in [-0.39, 0.29) is 5.56 Å². The molecule has 0 unspecified atom stereocenters. The average molecular weight is 298 g/mol. The van der Waals surface area contributed by atoms with Gasteiger partial charge in [-0.25, -0.2) is 9.37 Å². The Morgan fingerprint density at radius 2 is 2.18 bits per heavy atom. The van der Waals surface area contributed by atoms with E-state index in [1.807, 2.05) is 12.1 Å². The van der Waals surface area contributed by atoms with Gasteiger partial charge in [0.05, 0.1) is 22.9 Å². The van der Waals surface area contributed by atoms with Crippen molar-refractivity contribution in [3.63, 3.8) is 0 Å². The van der Waals surface area contributed by atoms with Crippen LogP contribution in [0.15, 0.2) is 53.8 Å². The minimum absolute atomic E-state index is 0.217. The molecule has 0 spiro atoms. The molecule has 0 aliphatic carbocycles. The maximum atomic E-state index is 13.3. The van der Waals surface area contributed by atoms with Crippen LogP contribution in [0, 0.1) is 5.82 Å². The third-order valence-corrected chi connectivity index (χ3v) is 3.35. The molecule has 112 valence electrons. The first-order valence-corrected chi connectivity index (χ1v) is 7.02. The van der Waals surface area contributed by atoms with Crippen LogP contribution in [0.25, 0.3) is 10.9 Å². The van der Waals surface area contributed by atoms with Gasteiger partial charge >= 0.3 is 0 Å². The lowest BCUT2D eigenvalue weighted by molar-refractivity contribution is 0.623. The van der Waals surface area contributed by atoms with Gasteiger partial charge in [0.1, 0.15) is 5.82 Å². The molecule has 0 bridgehead atoms. The Morgan fingerprint density at radius 3 is 3.00 bits per heavy atom. The molecule has 1 aromatic carbocycles. The molecule has 0 saturated heterocycles. The van der Waals surface area contributed by atoms with Crippen LogP contribution in [0.4, 0.5) is 10.1 Å². The molecule has 1 N–H and O–H groups in total. The molecular formula is C16H15FN4O. The zero-order valence-electron chi connectivity index (χ0n) is 11.9. The molecule has 3 aromatic rings. The minimum atomic E-state index is -0.428. The molecule has 5 nitrogen and oxygen atoms in total. The molecule has 22 heavy (non-hydrogen) atoms. The normalized spacial score (nSPS) is 10.8. The summed E-state index contributed by atoms with van der Waals surface area (Å²) in [7, 11) is 0. The molecule has 6 heteroatoms. The highest BCUT2D eigenvalue weighted by atomic mass is 19.1. The largest absolute Gasteiger partial charge is 0.384 e. The summed E-state index contributed by atoms with van der Waals surface area (Å²) in [5.41, 5.74) is 1.23. The molecule has 2 aromatic heterocycles. The van der Waals surface area contributed by atoms with E-state index in [0.717, 1.165) is 12.1 Å². The lowest BCUT2D eigenvalue weighted by atomic mass is 10.2. The molecule has 2 heterocycles. The number of pyridine rings is 1. The van der Waals surface area contributed by atoms with Crippen molar-refractivity contribution in [3.8, 4) is 0 Å². The summed E-state index contributed by atoms with van der Waals surface area (Å²) in [6.45, 7) is 1.23. The van der Waals surface area contributed by atoms with Crippen molar-refractivity contribution in [1.82, 2.24) is 14.5 Å². The van der Waals surface area contributed by atoms with Crippen LogP contribution in [0.1, 0.15) is 6.42 Å². The maximum Gasteiger partial charge on any atom is 0.261 e. The number of aromatic nitrogens is 3. The van der Waals surface area contributed by atoms with Gasteiger partial charge in [-0.15, -0.1) is 0 Å². The second-order valence-corrected chi connectivity index (χ2v) is 4.93. The molecule has 3 rings (SSSR count). The topological polar surface area (TPSA) is 59.8 Å². The molecule has 0 aliphatic rings. The Labute approximate surface area is 126 Å². The number of nitrogens with one attached hydrogen (secondary N) is 1. The minimum Gasteiger partial charge on any atom is -0.384 e. The second-order valence-electron chi connectivity index (χ2n) is 4.93. The van der Waals surface area contributed by atoms with E-state index in [2.05, 4.69) is 15.3 Å². The van der Waals surface area contributed by atoms with Crippen LogP contribution >= 0.6 is 0 Å². The SMILES string of the molecule is O=c1c2cc(F)ccc2ncn1CCCNc1cccnc1. The van der Waals surface area contributed by atoms with Crippen LogP contribution in [0.5, 0.6) is 0 Å². The van der Waals surface area contributed by atoms with Crippen LogP contribution in [-0.2, 0) is 6.54 Å². The van der Waals surface area contributed by atoms with Gasteiger partial charge in [0, 0.05) is 25.5 Å². The van der Waals surface area contributed by atoms with Gasteiger partial charge < -0.3 is 5.32 Å². The summed E-state index contributed by atoms with van der Waals surface area (Å²) in [5, 5.41) is 3.53. The van der Waals surface area contributed by atoms with E-state index in [1.54, 1.807) is 12.4 Å². The molecule has 0 fully saturated rings. The first kappa shape index (κ1) is 14.2. The number of nitrogens with zero attached hydrogens (tertiary/aromatic N) is 3. The number of hydrogen-bond acceptors (Lipinski definition) is 4. The first-order valence-electron chi connectivity index (χ1n) is 7.02. The Hall–Kier alpha value is -2.76. The Bertz CT molecular complexity index is 832. The van der Waals surface area contributed by atoms with E-state index in [1.165, 1.54) is 29.1 Å². The van der Waals surface area contributed by atoms with Crippen molar-refractivity contribution in [2.24, 2.45) is 0 Å². The molecule has 0 amide bonds. The van der Waals surface area contributed by atoms with Crippen molar-refractivity contribution in [3.05, 3.63) is 65.2 Å². The third-order valence-electron chi connectivity index (χ3n) is 3.35. The highest BCUT2D eigenvalue weighted by molar-refractivity contribution is 5.77. The number of halogens is 1. The number of fused-ring (bicyclic) bond motifs is 1. The zero-order valence-corrected chi connectivity index (χ0v) is 11.9. The Morgan fingerprint density at radius 1 is 1.27 bits per heavy atom. The summed E-state index contributed by atoms with van der Waals surface area (Å²) in [6.07, 6.45) is 5.71. The van der Waals surface area contributed by atoms with E-state index in [0.29, 0.717) is 24.0 Å². The third kappa shape index (κ3) is 3.11.